The molecule has 0 bridgehead atoms. The third kappa shape index (κ3) is 5.89. The number of aryl methyl sites for hydroxylation is 1. The van der Waals surface area contributed by atoms with Crippen molar-refractivity contribution in [1.29, 1.82) is 0 Å². The van der Waals surface area contributed by atoms with Gasteiger partial charge >= 0.3 is 0 Å². The lowest BCUT2D eigenvalue weighted by atomic mass is 9.96. The Labute approximate surface area is 223 Å². The predicted octanol–water partition coefficient (Wildman–Crippen LogP) is 5.15. The topological polar surface area (TPSA) is 70.1 Å². The molecule has 2 aromatic heterocycles. The van der Waals surface area contributed by atoms with Gasteiger partial charge in [-0.05, 0) is 36.2 Å². The highest BCUT2D eigenvalue weighted by molar-refractivity contribution is 5.95. The molecule has 7 heteroatoms. The van der Waals surface area contributed by atoms with Crippen LogP contribution in [0.3, 0.4) is 0 Å². The monoisotopic (exact) mass is 511 g/mol. The molecule has 0 radical (unpaired) electrons. The van der Waals surface area contributed by atoms with Crippen LogP contribution in [0.25, 0.3) is 0 Å². The zero-order valence-corrected chi connectivity index (χ0v) is 21.7. The quantitative estimate of drug-likeness (QED) is 0.311. The minimum atomic E-state index is -0.168. The fraction of sp³-hybridized carbons (Fsp3) is 0.290. The number of piperazine rings is 1. The van der Waals surface area contributed by atoms with Crippen LogP contribution in [0.4, 0.5) is 0 Å². The molecule has 0 aliphatic carbocycles. The lowest BCUT2D eigenvalue weighted by Crippen LogP contribution is -2.50. The summed E-state index contributed by atoms with van der Waals surface area (Å²) in [5.41, 5.74) is 3.01. The Kier molecular flexibility index (Phi) is 8.04. The van der Waals surface area contributed by atoms with E-state index in [1.54, 1.807) is 30.2 Å². The number of benzene rings is 2. The first kappa shape index (κ1) is 25.5. The molecule has 1 saturated heterocycles. The van der Waals surface area contributed by atoms with E-state index in [0.717, 1.165) is 13.1 Å². The molecule has 4 aromatic rings. The van der Waals surface area contributed by atoms with Crippen molar-refractivity contribution in [2.24, 2.45) is 0 Å². The van der Waals surface area contributed by atoms with Gasteiger partial charge in [-0.25, -0.2) is 0 Å². The van der Waals surface area contributed by atoms with Gasteiger partial charge in [0.05, 0.1) is 30.7 Å². The van der Waals surface area contributed by atoms with Crippen molar-refractivity contribution in [2.45, 2.75) is 25.9 Å². The normalized spacial score (nSPS) is 14.1. The summed E-state index contributed by atoms with van der Waals surface area (Å²) in [7, 11) is 0. The summed E-state index contributed by atoms with van der Waals surface area (Å²) in [4.78, 5) is 32.5. The summed E-state index contributed by atoms with van der Waals surface area (Å²) in [6.07, 6.45) is 3.35. The number of carbonyl (C=O) groups is 2. The number of carbonyl (C=O) groups excluding carboxylic acids is 2. The first-order valence-corrected chi connectivity index (χ1v) is 13.1. The van der Waals surface area contributed by atoms with E-state index in [9.17, 15) is 9.59 Å². The van der Waals surface area contributed by atoms with Gasteiger partial charge in [0.1, 0.15) is 11.5 Å². The number of hydrogen-bond acceptors (Lipinski definition) is 5. The van der Waals surface area contributed by atoms with Gasteiger partial charge in [0.2, 0.25) is 5.91 Å². The number of rotatable bonds is 9. The molecule has 0 spiro atoms. The fourth-order valence-electron chi connectivity index (χ4n) is 5.12. The first-order valence-electron chi connectivity index (χ1n) is 13.1. The molecule has 3 heterocycles. The van der Waals surface area contributed by atoms with Crippen LogP contribution in [0.15, 0.2) is 100 Å². The minimum Gasteiger partial charge on any atom is -0.469 e. The lowest BCUT2D eigenvalue weighted by molar-refractivity contribution is -0.133. The average molecular weight is 512 g/mol. The lowest BCUT2D eigenvalue weighted by Gasteiger charge is -2.40. The maximum Gasteiger partial charge on any atom is 0.257 e. The minimum absolute atomic E-state index is 0.0572. The van der Waals surface area contributed by atoms with Crippen molar-refractivity contribution in [1.82, 2.24) is 14.7 Å². The number of furan rings is 2. The highest BCUT2D eigenvalue weighted by Crippen LogP contribution is 2.29. The molecule has 0 unspecified atom stereocenters. The Hall–Kier alpha value is -4.10. The largest absolute Gasteiger partial charge is 0.469 e. The first-order chi connectivity index (χ1) is 18.6. The Balaban J connectivity index is 1.22. The Bertz CT molecular complexity index is 1270. The van der Waals surface area contributed by atoms with E-state index in [-0.39, 0.29) is 24.3 Å². The van der Waals surface area contributed by atoms with E-state index < -0.39 is 0 Å². The molecule has 0 saturated carbocycles. The molecule has 1 fully saturated rings. The van der Waals surface area contributed by atoms with Crippen LogP contribution < -0.4 is 0 Å². The van der Waals surface area contributed by atoms with Crippen LogP contribution in [-0.2, 0) is 11.3 Å². The fourth-order valence-corrected chi connectivity index (χ4v) is 5.12. The van der Waals surface area contributed by atoms with E-state index in [1.807, 2.05) is 23.1 Å². The van der Waals surface area contributed by atoms with Gasteiger partial charge in [0.25, 0.3) is 5.91 Å². The molecule has 38 heavy (non-hydrogen) atoms. The van der Waals surface area contributed by atoms with Crippen molar-refractivity contribution in [3.05, 3.63) is 120 Å². The standard InChI is InChI=1S/C31H33N3O4/c1-24-28(15-22-37-24)31(36)34(23-27-13-8-21-38-27)16-14-29(35)32-17-19-33(20-18-32)30(25-9-4-2-5-10-25)26-11-6-3-7-12-26/h2-13,15,21-22,30H,14,16-20,23H2,1H3. The Morgan fingerprint density at radius 1 is 0.816 bits per heavy atom. The summed E-state index contributed by atoms with van der Waals surface area (Å²) < 4.78 is 10.8. The van der Waals surface area contributed by atoms with Crippen LogP contribution in [0.1, 0.15) is 45.5 Å². The molecule has 0 N–H and O–H groups in total. The van der Waals surface area contributed by atoms with Gasteiger partial charge < -0.3 is 18.6 Å². The highest BCUT2D eigenvalue weighted by atomic mass is 16.3. The van der Waals surface area contributed by atoms with Gasteiger partial charge in [-0.3, -0.25) is 14.5 Å². The van der Waals surface area contributed by atoms with E-state index in [0.29, 0.717) is 43.3 Å². The van der Waals surface area contributed by atoms with Gasteiger partial charge in [-0.15, -0.1) is 0 Å². The van der Waals surface area contributed by atoms with Gasteiger partial charge in [-0.1, -0.05) is 60.7 Å². The number of nitrogens with zero attached hydrogens (tertiary/aromatic N) is 3. The van der Waals surface area contributed by atoms with Gasteiger partial charge in [0.15, 0.2) is 0 Å². The molecule has 1 aliphatic rings. The Morgan fingerprint density at radius 2 is 1.47 bits per heavy atom. The molecule has 1 aliphatic heterocycles. The molecule has 7 nitrogen and oxygen atoms in total. The van der Waals surface area contributed by atoms with Crippen molar-refractivity contribution in [2.75, 3.05) is 32.7 Å². The zero-order valence-electron chi connectivity index (χ0n) is 21.7. The van der Waals surface area contributed by atoms with Crippen molar-refractivity contribution < 1.29 is 18.4 Å². The second kappa shape index (κ2) is 12.0. The van der Waals surface area contributed by atoms with Crippen molar-refractivity contribution >= 4 is 11.8 Å². The third-order valence-corrected chi connectivity index (χ3v) is 7.16. The van der Waals surface area contributed by atoms with Crippen LogP contribution >= 0.6 is 0 Å². The van der Waals surface area contributed by atoms with Gasteiger partial charge in [0, 0.05) is 39.1 Å². The van der Waals surface area contributed by atoms with E-state index in [2.05, 4.69) is 53.4 Å². The summed E-state index contributed by atoms with van der Waals surface area (Å²) in [5.74, 6) is 1.13. The SMILES string of the molecule is Cc1occc1C(=O)N(CCC(=O)N1CCN(C(c2ccccc2)c2ccccc2)CC1)Cc1ccco1. The Morgan fingerprint density at radius 3 is 2.03 bits per heavy atom. The third-order valence-electron chi connectivity index (χ3n) is 7.16. The average Bonchev–Trinajstić information content (AvgIpc) is 3.64. The molecule has 2 amide bonds. The molecule has 2 aromatic carbocycles. The summed E-state index contributed by atoms with van der Waals surface area (Å²) in [6.45, 7) is 5.24. The molecular weight excluding hydrogens is 478 g/mol. The molecule has 0 atom stereocenters. The van der Waals surface area contributed by atoms with Crippen LogP contribution in [0.5, 0.6) is 0 Å². The van der Waals surface area contributed by atoms with E-state index in [4.69, 9.17) is 8.83 Å². The molecule has 5 rings (SSSR count). The maximum atomic E-state index is 13.2. The van der Waals surface area contributed by atoms with E-state index in [1.165, 1.54) is 17.4 Å². The number of amides is 2. The second-order valence-corrected chi connectivity index (χ2v) is 9.59. The van der Waals surface area contributed by atoms with Crippen LogP contribution in [0.2, 0.25) is 0 Å². The van der Waals surface area contributed by atoms with E-state index >= 15 is 0 Å². The second-order valence-electron chi connectivity index (χ2n) is 9.59. The predicted molar refractivity (Wildman–Crippen MR) is 144 cm³/mol. The van der Waals surface area contributed by atoms with Crippen LogP contribution in [0, 0.1) is 6.92 Å². The summed E-state index contributed by atoms with van der Waals surface area (Å²) in [5, 5.41) is 0. The van der Waals surface area contributed by atoms with Crippen molar-refractivity contribution in [3.8, 4) is 0 Å². The molecular formula is C31H33N3O4. The summed E-state index contributed by atoms with van der Waals surface area (Å²) in [6, 6.07) is 26.5. The smallest absolute Gasteiger partial charge is 0.257 e. The maximum absolute atomic E-state index is 13.2. The number of hydrogen-bond donors (Lipinski definition) is 0. The highest BCUT2D eigenvalue weighted by Gasteiger charge is 2.29. The zero-order chi connectivity index (χ0) is 26.3. The van der Waals surface area contributed by atoms with Crippen LogP contribution in [-0.4, -0.2) is 59.2 Å². The summed E-state index contributed by atoms with van der Waals surface area (Å²) >= 11 is 0. The molecule has 196 valence electrons. The van der Waals surface area contributed by atoms with Gasteiger partial charge in [-0.2, -0.15) is 0 Å². The van der Waals surface area contributed by atoms with Crippen molar-refractivity contribution in [3.63, 3.8) is 0 Å².